The molecule has 0 aromatic heterocycles. The van der Waals surface area contributed by atoms with Crippen molar-refractivity contribution in [2.24, 2.45) is 5.73 Å². The van der Waals surface area contributed by atoms with Crippen molar-refractivity contribution in [2.75, 3.05) is 18.5 Å². The second-order valence-electron chi connectivity index (χ2n) is 5.54. The highest BCUT2D eigenvalue weighted by atomic mass is 16.6. The third-order valence-electron chi connectivity index (χ3n) is 3.42. The number of benzene rings is 1. The third kappa shape index (κ3) is 8.48. The fourth-order valence-corrected chi connectivity index (χ4v) is 1.78. The normalized spacial score (nSPS) is 12.1. The molecule has 1 aromatic carbocycles. The maximum Gasteiger partial charge on any atom is 0.347 e. The van der Waals surface area contributed by atoms with Gasteiger partial charge in [0, 0.05) is 5.69 Å². The number of hydrogen-bond acceptors (Lipinski definition) is 7. The van der Waals surface area contributed by atoms with E-state index in [-0.39, 0.29) is 13.2 Å². The van der Waals surface area contributed by atoms with Gasteiger partial charge in [0.05, 0.1) is 13.2 Å². The van der Waals surface area contributed by atoms with Crippen LogP contribution in [0.2, 0.25) is 0 Å². The van der Waals surface area contributed by atoms with E-state index in [4.69, 9.17) is 14.6 Å². The monoisotopic (exact) mass is 368 g/mol. The Balaban J connectivity index is 0.00000110. The Kier molecular flexibility index (Phi) is 10.7. The molecule has 0 aliphatic rings. The lowest BCUT2D eigenvalue weighted by Crippen LogP contribution is -2.34. The molecule has 0 fully saturated rings. The van der Waals surface area contributed by atoms with Gasteiger partial charge in [0.25, 0.3) is 0 Å². The number of aliphatic carboxylic acids is 1. The molecule has 1 unspecified atom stereocenters. The Hall–Kier alpha value is -2.61. The highest BCUT2D eigenvalue weighted by Gasteiger charge is 2.23. The molecule has 0 heterocycles. The van der Waals surface area contributed by atoms with Gasteiger partial charge in [-0.25, -0.2) is 9.59 Å². The van der Waals surface area contributed by atoms with Gasteiger partial charge in [-0.1, -0.05) is 12.1 Å². The summed E-state index contributed by atoms with van der Waals surface area (Å²) >= 11 is 0. The first kappa shape index (κ1) is 23.4. The second-order valence-corrected chi connectivity index (χ2v) is 5.54. The Morgan fingerprint density at radius 3 is 2.27 bits per heavy atom. The fourth-order valence-electron chi connectivity index (χ4n) is 1.78. The molecular weight excluding hydrogens is 340 g/mol. The molecule has 0 bridgehead atoms. The summed E-state index contributed by atoms with van der Waals surface area (Å²) in [5.74, 6) is -1.99. The van der Waals surface area contributed by atoms with Gasteiger partial charge in [-0.3, -0.25) is 4.79 Å². The third-order valence-corrected chi connectivity index (χ3v) is 3.42. The van der Waals surface area contributed by atoms with Crippen LogP contribution >= 0.6 is 0 Å². The maximum absolute atomic E-state index is 12.0. The molecule has 0 saturated carbocycles. The van der Waals surface area contributed by atoms with Gasteiger partial charge in [0.2, 0.25) is 0 Å². The van der Waals surface area contributed by atoms with Crippen LogP contribution in [0.15, 0.2) is 18.2 Å². The first-order chi connectivity index (χ1) is 12.1. The second kappa shape index (κ2) is 11.9. The summed E-state index contributed by atoms with van der Waals surface area (Å²) in [6.45, 7) is 8.87. The lowest BCUT2D eigenvalue weighted by atomic mass is 10.1. The Morgan fingerprint density at radius 1 is 1.19 bits per heavy atom. The summed E-state index contributed by atoms with van der Waals surface area (Å²) in [6, 6.07) is 5.28. The molecule has 2 atom stereocenters. The van der Waals surface area contributed by atoms with Crippen LogP contribution in [-0.4, -0.2) is 48.3 Å². The zero-order valence-corrected chi connectivity index (χ0v) is 15.9. The predicted molar refractivity (Wildman–Crippen MR) is 97.9 cm³/mol. The first-order valence-electron chi connectivity index (χ1n) is 8.25. The standard InChI is InChI=1S/C16H23NO4.C2H5NO2/c1-6-20-16(19)13(5)21-15(18)12(4)17-14-9-7-8-10(2)11(14)3;3-1-2(4)5/h7-9,12-13,17H,6H2,1-5H3;1,3H2,(H,4,5)/t12-,13?;/m0./s1. The minimum Gasteiger partial charge on any atom is -0.480 e. The van der Waals surface area contributed by atoms with E-state index in [0.29, 0.717) is 0 Å². The molecule has 0 aliphatic heterocycles. The number of anilines is 1. The number of nitrogens with two attached hydrogens (primary N) is 1. The lowest BCUT2D eigenvalue weighted by Gasteiger charge is -2.19. The fraction of sp³-hybridized carbons (Fsp3) is 0.500. The topological polar surface area (TPSA) is 128 Å². The average molecular weight is 368 g/mol. The summed E-state index contributed by atoms with van der Waals surface area (Å²) < 4.78 is 9.89. The van der Waals surface area contributed by atoms with Gasteiger partial charge < -0.3 is 25.6 Å². The number of carbonyl (C=O) groups is 3. The molecule has 0 amide bonds. The van der Waals surface area contributed by atoms with Crippen LogP contribution in [0.4, 0.5) is 5.69 Å². The Labute approximate surface area is 153 Å². The Morgan fingerprint density at radius 2 is 1.77 bits per heavy atom. The van der Waals surface area contributed by atoms with Crippen LogP contribution in [0.25, 0.3) is 0 Å². The molecule has 0 aliphatic carbocycles. The largest absolute Gasteiger partial charge is 0.480 e. The van der Waals surface area contributed by atoms with Crippen LogP contribution < -0.4 is 11.1 Å². The minimum absolute atomic E-state index is 0.261. The van der Waals surface area contributed by atoms with Crippen molar-refractivity contribution < 1.29 is 29.0 Å². The summed E-state index contributed by atoms with van der Waals surface area (Å²) in [5, 5.41) is 10.7. The number of aryl methyl sites for hydroxylation is 1. The number of carboxylic acids is 1. The Bertz CT molecular complexity index is 618. The SMILES string of the molecule is CCOC(=O)C(C)OC(=O)[C@H](C)Nc1cccc(C)c1C.NCC(=O)O. The van der Waals surface area contributed by atoms with Gasteiger partial charge in [-0.2, -0.15) is 0 Å². The van der Waals surface area contributed by atoms with E-state index in [9.17, 15) is 14.4 Å². The number of rotatable bonds is 7. The number of nitrogens with one attached hydrogen (secondary N) is 1. The molecule has 0 saturated heterocycles. The highest BCUT2D eigenvalue weighted by Crippen LogP contribution is 2.19. The minimum atomic E-state index is -0.968. The molecule has 1 rings (SSSR count). The van der Waals surface area contributed by atoms with Crippen molar-refractivity contribution >= 4 is 23.6 Å². The molecule has 0 radical (unpaired) electrons. The van der Waals surface area contributed by atoms with Crippen molar-refractivity contribution in [3.8, 4) is 0 Å². The van der Waals surface area contributed by atoms with Crippen LogP contribution in [-0.2, 0) is 23.9 Å². The summed E-state index contributed by atoms with van der Waals surface area (Å²) in [5.41, 5.74) is 7.67. The smallest absolute Gasteiger partial charge is 0.347 e. The zero-order chi connectivity index (χ0) is 20.3. The average Bonchev–Trinajstić information content (AvgIpc) is 2.59. The summed E-state index contributed by atoms with van der Waals surface area (Å²) in [4.78, 5) is 32.7. The molecule has 8 heteroatoms. The molecule has 1 aromatic rings. The number of carbonyl (C=O) groups excluding carboxylic acids is 2. The quantitative estimate of drug-likeness (QED) is 0.620. The number of hydrogen-bond donors (Lipinski definition) is 3. The van der Waals surface area contributed by atoms with E-state index in [0.717, 1.165) is 16.8 Å². The van der Waals surface area contributed by atoms with Crippen LogP contribution in [0.5, 0.6) is 0 Å². The number of carboxylic acid groups (broad SMARTS) is 1. The number of esters is 2. The highest BCUT2D eigenvalue weighted by molar-refractivity contribution is 5.83. The first-order valence-corrected chi connectivity index (χ1v) is 8.25. The summed E-state index contributed by atoms with van der Waals surface area (Å²) in [7, 11) is 0. The zero-order valence-electron chi connectivity index (χ0n) is 15.9. The predicted octanol–water partition coefficient (Wildman–Crippen LogP) is 1.63. The van der Waals surface area contributed by atoms with E-state index in [1.165, 1.54) is 6.92 Å². The van der Waals surface area contributed by atoms with Gasteiger partial charge in [-0.15, -0.1) is 0 Å². The van der Waals surface area contributed by atoms with Crippen LogP contribution in [0, 0.1) is 13.8 Å². The van der Waals surface area contributed by atoms with Gasteiger partial charge >= 0.3 is 17.9 Å². The molecule has 146 valence electrons. The maximum atomic E-state index is 12.0. The molecule has 8 nitrogen and oxygen atoms in total. The van der Waals surface area contributed by atoms with Crippen LogP contribution in [0.3, 0.4) is 0 Å². The molecular formula is C18H28N2O6. The molecule has 4 N–H and O–H groups in total. The lowest BCUT2D eigenvalue weighted by molar-refractivity contribution is -0.166. The van der Waals surface area contributed by atoms with Crippen molar-refractivity contribution in [1.29, 1.82) is 0 Å². The number of ether oxygens (including phenoxy) is 2. The molecule has 26 heavy (non-hydrogen) atoms. The van der Waals surface area contributed by atoms with Crippen molar-refractivity contribution in [2.45, 2.75) is 46.8 Å². The van der Waals surface area contributed by atoms with Gasteiger partial charge in [0.1, 0.15) is 6.04 Å². The van der Waals surface area contributed by atoms with Crippen molar-refractivity contribution in [1.82, 2.24) is 0 Å². The molecule has 0 spiro atoms. The van der Waals surface area contributed by atoms with Gasteiger partial charge in [-0.05, 0) is 51.8 Å². The van der Waals surface area contributed by atoms with Gasteiger partial charge in [0.15, 0.2) is 6.10 Å². The van der Waals surface area contributed by atoms with E-state index in [1.54, 1.807) is 13.8 Å². The van der Waals surface area contributed by atoms with Crippen molar-refractivity contribution in [3.63, 3.8) is 0 Å². The van der Waals surface area contributed by atoms with E-state index in [1.807, 2.05) is 32.0 Å². The van der Waals surface area contributed by atoms with E-state index >= 15 is 0 Å². The summed E-state index contributed by atoms with van der Waals surface area (Å²) in [6.07, 6.45) is -0.902. The van der Waals surface area contributed by atoms with Crippen LogP contribution in [0.1, 0.15) is 31.9 Å². The van der Waals surface area contributed by atoms with Crippen molar-refractivity contribution in [3.05, 3.63) is 29.3 Å². The van der Waals surface area contributed by atoms with E-state index < -0.39 is 30.1 Å². The van der Waals surface area contributed by atoms with E-state index in [2.05, 4.69) is 11.1 Å².